The highest BCUT2D eigenvalue weighted by Gasteiger charge is 2.15. The van der Waals surface area contributed by atoms with Crippen LogP contribution in [0.2, 0.25) is 5.02 Å². The fourth-order valence-electron chi connectivity index (χ4n) is 1.42. The van der Waals surface area contributed by atoms with Crippen molar-refractivity contribution >= 4 is 33.2 Å². The van der Waals surface area contributed by atoms with Gasteiger partial charge in [-0.3, -0.25) is 0 Å². The normalized spacial score (nSPS) is 13.5. The molecule has 1 aromatic rings. The zero-order valence-corrected chi connectivity index (χ0v) is 12.6. The Labute approximate surface area is 117 Å². The number of hydrogen-bond acceptors (Lipinski definition) is 4. The van der Waals surface area contributed by atoms with E-state index in [0.29, 0.717) is 17.2 Å². The Morgan fingerprint density at radius 1 is 1.33 bits per heavy atom. The van der Waals surface area contributed by atoms with Crippen LogP contribution in [0.4, 0.5) is 0 Å². The fraction of sp³-hybridized carbons (Fsp3) is 0.500. The van der Waals surface area contributed by atoms with Crippen molar-refractivity contribution < 1.29 is 13.5 Å². The van der Waals surface area contributed by atoms with Crippen molar-refractivity contribution in [3.05, 3.63) is 29.3 Å². The number of aliphatic hydroxyl groups is 1. The van der Waals surface area contributed by atoms with Crippen molar-refractivity contribution in [3.63, 3.8) is 0 Å². The second kappa shape index (κ2) is 7.38. The maximum atomic E-state index is 11.9. The molecule has 18 heavy (non-hydrogen) atoms. The minimum atomic E-state index is -3.29. The number of hydrogen-bond donors (Lipinski definition) is 1. The molecule has 0 radical (unpaired) electrons. The third-order valence-corrected chi connectivity index (χ3v) is 6.11. The molecule has 1 N–H and O–H groups in total. The topological polar surface area (TPSA) is 54.4 Å². The van der Waals surface area contributed by atoms with Gasteiger partial charge in [0.2, 0.25) is 0 Å². The first kappa shape index (κ1) is 15.8. The predicted octanol–water partition coefficient (Wildman–Crippen LogP) is 2.97. The van der Waals surface area contributed by atoms with Gasteiger partial charge in [-0.1, -0.05) is 24.9 Å². The molecule has 0 saturated carbocycles. The van der Waals surface area contributed by atoms with E-state index < -0.39 is 15.9 Å². The Balaban J connectivity index is 2.52. The molecule has 0 aromatic heterocycles. The Bertz CT molecular complexity index is 457. The SMILES string of the molecule is CCC[C@@H](O)CSCS(=O)(=O)c1ccc(Cl)cc1. The maximum absolute atomic E-state index is 11.9. The lowest BCUT2D eigenvalue weighted by molar-refractivity contribution is 0.188. The summed E-state index contributed by atoms with van der Waals surface area (Å²) in [5.41, 5.74) is 0. The molecule has 1 aromatic carbocycles. The van der Waals surface area contributed by atoms with Gasteiger partial charge in [0.25, 0.3) is 0 Å². The molecule has 0 saturated heterocycles. The lowest BCUT2D eigenvalue weighted by Crippen LogP contribution is -2.12. The van der Waals surface area contributed by atoms with E-state index >= 15 is 0 Å². The van der Waals surface area contributed by atoms with Crippen LogP contribution in [0, 0.1) is 0 Å². The van der Waals surface area contributed by atoms with Crippen molar-refractivity contribution in [2.24, 2.45) is 0 Å². The van der Waals surface area contributed by atoms with Crippen molar-refractivity contribution in [3.8, 4) is 0 Å². The van der Waals surface area contributed by atoms with Gasteiger partial charge in [-0.15, -0.1) is 11.8 Å². The summed E-state index contributed by atoms with van der Waals surface area (Å²) in [5.74, 6) is 0.445. The third-order valence-electron chi connectivity index (χ3n) is 2.34. The lowest BCUT2D eigenvalue weighted by atomic mass is 10.2. The molecule has 0 heterocycles. The van der Waals surface area contributed by atoms with Crippen LogP contribution in [0.5, 0.6) is 0 Å². The van der Waals surface area contributed by atoms with Gasteiger partial charge in [-0.25, -0.2) is 8.42 Å². The summed E-state index contributed by atoms with van der Waals surface area (Å²) in [6, 6.07) is 6.12. The van der Waals surface area contributed by atoms with Crippen LogP contribution in [0.1, 0.15) is 19.8 Å². The molecule has 0 amide bonds. The number of halogens is 1. The van der Waals surface area contributed by atoms with E-state index in [9.17, 15) is 13.5 Å². The van der Waals surface area contributed by atoms with Crippen LogP contribution in [0.3, 0.4) is 0 Å². The molecule has 102 valence electrons. The molecule has 0 aliphatic carbocycles. The summed E-state index contributed by atoms with van der Waals surface area (Å²) in [6.45, 7) is 1.98. The van der Waals surface area contributed by atoms with Crippen LogP contribution >= 0.6 is 23.4 Å². The van der Waals surface area contributed by atoms with E-state index in [1.165, 1.54) is 23.9 Å². The molecule has 1 rings (SSSR count). The lowest BCUT2D eigenvalue weighted by Gasteiger charge is -2.09. The highest BCUT2D eigenvalue weighted by molar-refractivity contribution is 8.12. The number of rotatable bonds is 7. The van der Waals surface area contributed by atoms with Gasteiger partial charge in [0, 0.05) is 10.8 Å². The molecule has 0 fully saturated rings. The molecule has 0 aliphatic heterocycles. The average Bonchev–Trinajstić information content (AvgIpc) is 2.29. The Kier molecular flexibility index (Phi) is 6.49. The number of thioether (sulfide) groups is 1. The monoisotopic (exact) mass is 308 g/mol. The molecule has 0 aliphatic rings. The van der Waals surface area contributed by atoms with Crippen LogP contribution < -0.4 is 0 Å². The summed E-state index contributed by atoms with van der Waals surface area (Å²) in [4.78, 5) is 0.268. The van der Waals surface area contributed by atoms with E-state index in [4.69, 9.17) is 11.6 Å². The summed E-state index contributed by atoms with van der Waals surface area (Å²) < 4.78 is 23.9. The Morgan fingerprint density at radius 3 is 2.50 bits per heavy atom. The second-order valence-corrected chi connectivity index (χ2v) is 7.82. The zero-order chi connectivity index (χ0) is 13.6. The Hall–Kier alpha value is -0.230. The van der Waals surface area contributed by atoms with Gasteiger partial charge in [-0.05, 0) is 30.7 Å². The van der Waals surface area contributed by atoms with Crippen molar-refractivity contribution in [2.45, 2.75) is 30.8 Å². The molecule has 0 spiro atoms. The van der Waals surface area contributed by atoms with Gasteiger partial charge in [0.1, 0.15) is 5.08 Å². The molecule has 1 atom stereocenters. The van der Waals surface area contributed by atoms with Crippen molar-refractivity contribution in [1.29, 1.82) is 0 Å². The van der Waals surface area contributed by atoms with Crippen LogP contribution in [-0.2, 0) is 9.84 Å². The number of benzene rings is 1. The summed E-state index contributed by atoms with van der Waals surface area (Å²) >= 11 is 6.95. The van der Waals surface area contributed by atoms with Gasteiger partial charge < -0.3 is 5.11 Å². The maximum Gasteiger partial charge on any atom is 0.187 e. The first-order valence-electron chi connectivity index (χ1n) is 5.70. The minimum Gasteiger partial charge on any atom is -0.392 e. The largest absolute Gasteiger partial charge is 0.392 e. The fourth-order valence-corrected chi connectivity index (χ4v) is 4.34. The van der Waals surface area contributed by atoms with Gasteiger partial charge >= 0.3 is 0 Å². The first-order chi connectivity index (χ1) is 8.45. The van der Waals surface area contributed by atoms with Crippen LogP contribution in [0.15, 0.2) is 29.2 Å². The smallest absolute Gasteiger partial charge is 0.187 e. The summed E-state index contributed by atoms with van der Waals surface area (Å²) in [5, 5.41) is 10.0. The highest BCUT2D eigenvalue weighted by atomic mass is 35.5. The molecule has 0 unspecified atom stereocenters. The number of aliphatic hydroxyl groups excluding tert-OH is 1. The van der Waals surface area contributed by atoms with Crippen molar-refractivity contribution in [1.82, 2.24) is 0 Å². The Morgan fingerprint density at radius 2 is 1.94 bits per heavy atom. The summed E-state index contributed by atoms with van der Waals surface area (Å²) in [6.07, 6.45) is 1.17. The van der Waals surface area contributed by atoms with E-state index in [1.54, 1.807) is 12.1 Å². The first-order valence-corrected chi connectivity index (χ1v) is 8.88. The van der Waals surface area contributed by atoms with Crippen molar-refractivity contribution in [2.75, 3.05) is 10.8 Å². The van der Waals surface area contributed by atoms with E-state index in [2.05, 4.69) is 0 Å². The molecular weight excluding hydrogens is 292 g/mol. The van der Waals surface area contributed by atoms with Gasteiger partial charge in [0.15, 0.2) is 9.84 Å². The van der Waals surface area contributed by atoms with E-state index in [1.807, 2.05) is 6.92 Å². The predicted molar refractivity (Wildman–Crippen MR) is 76.9 cm³/mol. The van der Waals surface area contributed by atoms with E-state index in [-0.39, 0.29) is 9.98 Å². The van der Waals surface area contributed by atoms with E-state index in [0.717, 1.165) is 6.42 Å². The van der Waals surface area contributed by atoms with Crippen LogP contribution in [-0.4, -0.2) is 30.5 Å². The second-order valence-electron chi connectivity index (χ2n) is 4.00. The summed E-state index contributed by atoms with van der Waals surface area (Å²) in [7, 11) is -3.29. The number of sulfone groups is 1. The average molecular weight is 309 g/mol. The highest BCUT2D eigenvalue weighted by Crippen LogP contribution is 2.19. The molecule has 3 nitrogen and oxygen atoms in total. The molecule has 6 heteroatoms. The molecular formula is C12H17ClO3S2. The minimum absolute atomic E-state index is 0.0184. The van der Waals surface area contributed by atoms with Gasteiger partial charge in [-0.2, -0.15) is 0 Å². The quantitative estimate of drug-likeness (QED) is 0.841. The third kappa shape index (κ3) is 5.18. The molecule has 0 bridgehead atoms. The standard InChI is InChI=1S/C12H17ClO3S2/c1-2-3-11(14)8-17-9-18(15,16)12-6-4-10(13)5-7-12/h4-7,11,14H,2-3,8-9H2,1H3/t11-/m1/s1. The zero-order valence-electron chi connectivity index (χ0n) is 10.2. The van der Waals surface area contributed by atoms with Crippen LogP contribution in [0.25, 0.3) is 0 Å². The van der Waals surface area contributed by atoms with Gasteiger partial charge in [0.05, 0.1) is 11.0 Å².